The van der Waals surface area contributed by atoms with E-state index in [1.165, 1.54) is 70.9 Å². The molecule has 2 nitrogen and oxygen atoms in total. The molecule has 1 fully saturated rings. The molecule has 1 rings (SSSR count). The standard InChI is InChI=1S/C14H30N2/c1-2-3-4-5-6-12-16-13-8-10-14(16)9-7-11-15/h14H,2-13,15H2,1H3. The van der Waals surface area contributed by atoms with Gasteiger partial charge >= 0.3 is 0 Å². The molecule has 1 heterocycles. The van der Waals surface area contributed by atoms with Crippen molar-refractivity contribution in [2.75, 3.05) is 19.6 Å². The molecule has 0 bridgehead atoms. The van der Waals surface area contributed by atoms with Crippen LogP contribution >= 0.6 is 0 Å². The molecular weight excluding hydrogens is 196 g/mol. The average Bonchev–Trinajstić information content (AvgIpc) is 2.74. The zero-order chi connectivity index (χ0) is 11.6. The molecule has 16 heavy (non-hydrogen) atoms. The number of unbranched alkanes of at least 4 members (excludes halogenated alkanes) is 4. The molecule has 0 radical (unpaired) electrons. The highest BCUT2D eigenvalue weighted by Gasteiger charge is 2.22. The van der Waals surface area contributed by atoms with Crippen LogP contribution in [-0.4, -0.2) is 30.6 Å². The summed E-state index contributed by atoms with van der Waals surface area (Å²) in [5.41, 5.74) is 5.59. The minimum absolute atomic E-state index is 0.856. The molecule has 0 amide bonds. The van der Waals surface area contributed by atoms with Gasteiger partial charge < -0.3 is 10.6 Å². The van der Waals surface area contributed by atoms with Crippen LogP contribution in [-0.2, 0) is 0 Å². The number of likely N-dealkylation sites (tertiary alicyclic amines) is 1. The van der Waals surface area contributed by atoms with Crippen LogP contribution in [0.1, 0.15) is 64.7 Å². The Morgan fingerprint density at radius 3 is 2.69 bits per heavy atom. The smallest absolute Gasteiger partial charge is 0.00962 e. The lowest BCUT2D eigenvalue weighted by Gasteiger charge is -2.24. The second-order valence-electron chi connectivity index (χ2n) is 5.18. The van der Waals surface area contributed by atoms with Crippen molar-refractivity contribution in [1.82, 2.24) is 4.90 Å². The van der Waals surface area contributed by atoms with Crippen molar-refractivity contribution in [2.24, 2.45) is 5.73 Å². The minimum atomic E-state index is 0.856. The van der Waals surface area contributed by atoms with Gasteiger partial charge in [0.15, 0.2) is 0 Å². The van der Waals surface area contributed by atoms with Gasteiger partial charge in [0.05, 0.1) is 0 Å². The van der Waals surface area contributed by atoms with E-state index < -0.39 is 0 Å². The van der Waals surface area contributed by atoms with Crippen LogP contribution in [0.15, 0.2) is 0 Å². The third-order valence-corrected chi connectivity index (χ3v) is 3.79. The van der Waals surface area contributed by atoms with Gasteiger partial charge in [-0.05, 0) is 51.7 Å². The largest absolute Gasteiger partial charge is 0.330 e. The predicted octanol–water partition coefficient (Wildman–Crippen LogP) is 3.16. The highest BCUT2D eigenvalue weighted by atomic mass is 15.2. The number of nitrogens with zero attached hydrogens (tertiary/aromatic N) is 1. The molecule has 1 aliphatic heterocycles. The van der Waals surface area contributed by atoms with Crippen molar-refractivity contribution >= 4 is 0 Å². The van der Waals surface area contributed by atoms with E-state index in [0.717, 1.165) is 12.6 Å². The lowest BCUT2D eigenvalue weighted by atomic mass is 10.1. The van der Waals surface area contributed by atoms with Gasteiger partial charge in [-0.2, -0.15) is 0 Å². The molecular formula is C14H30N2. The van der Waals surface area contributed by atoms with E-state index >= 15 is 0 Å². The summed E-state index contributed by atoms with van der Waals surface area (Å²) in [5, 5.41) is 0. The highest BCUT2D eigenvalue weighted by Crippen LogP contribution is 2.21. The van der Waals surface area contributed by atoms with E-state index in [0.29, 0.717) is 0 Å². The normalized spacial score (nSPS) is 21.8. The fourth-order valence-corrected chi connectivity index (χ4v) is 2.79. The summed E-state index contributed by atoms with van der Waals surface area (Å²) >= 11 is 0. The highest BCUT2D eigenvalue weighted by molar-refractivity contribution is 4.78. The maximum absolute atomic E-state index is 5.59. The summed E-state index contributed by atoms with van der Waals surface area (Å²) < 4.78 is 0. The van der Waals surface area contributed by atoms with Crippen LogP contribution in [0.5, 0.6) is 0 Å². The molecule has 2 N–H and O–H groups in total. The van der Waals surface area contributed by atoms with Gasteiger partial charge in [0.25, 0.3) is 0 Å². The predicted molar refractivity (Wildman–Crippen MR) is 71.6 cm³/mol. The Morgan fingerprint density at radius 2 is 1.94 bits per heavy atom. The Balaban J connectivity index is 2.05. The van der Waals surface area contributed by atoms with Crippen molar-refractivity contribution in [1.29, 1.82) is 0 Å². The first-order valence-corrected chi connectivity index (χ1v) is 7.32. The maximum atomic E-state index is 5.59. The van der Waals surface area contributed by atoms with Crippen molar-refractivity contribution in [2.45, 2.75) is 70.8 Å². The van der Waals surface area contributed by atoms with E-state index in [-0.39, 0.29) is 0 Å². The SMILES string of the molecule is CCCCCCCN1CCCC1CCCN. The maximum Gasteiger partial charge on any atom is 0.00962 e. The molecule has 0 aromatic rings. The topological polar surface area (TPSA) is 29.3 Å². The summed E-state index contributed by atoms with van der Waals surface area (Å²) in [6, 6.07) is 0.856. The van der Waals surface area contributed by atoms with Gasteiger partial charge in [-0.3, -0.25) is 0 Å². The molecule has 0 spiro atoms. The Bertz CT molecular complexity index is 159. The van der Waals surface area contributed by atoms with E-state index in [1.807, 2.05) is 0 Å². The van der Waals surface area contributed by atoms with Crippen LogP contribution in [0.2, 0.25) is 0 Å². The van der Waals surface area contributed by atoms with Gasteiger partial charge in [-0.15, -0.1) is 0 Å². The second-order valence-corrected chi connectivity index (χ2v) is 5.18. The first-order chi connectivity index (χ1) is 7.88. The Hall–Kier alpha value is -0.0800. The van der Waals surface area contributed by atoms with Gasteiger partial charge in [0.2, 0.25) is 0 Å². The quantitative estimate of drug-likeness (QED) is 0.612. The summed E-state index contributed by atoms with van der Waals surface area (Å²) in [4.78, 5) is 2.71. The molecule has 0 aromatic carbocycles. The second kappa shape index (κ2) is 9.00. The molecule has 1 unspecified atom stereocenters. The molecule has 1 atom stereocenters. The van der Waals surface area contributed by atoms with E-state index in [1.54, 1.807) is 0 Å². The Labute approximate surface area is 102 Å². The van der Waals surface area contributed by atoms with Crippen LogP contribution in [0.4, 0.5) is 0 Å². The van der Waals surface area contributed by atoms with E-state index in [4.69, 9.17) is 5.73 Å². The first-order valence-electron chi connectivity index (χ1n) is 7.32. The van der Waals surface area contributed by atoms with Gasteiger partial charge in [-0.1, -0.05) is 32.6 Å². The van der Waals surface area contributed by atoms with Crippen molar-refractivity contribution < 1.29 is 0 Å². The lowest BCUT2D eigenvalue weighted by molar-refractivity contribution is 0.235. The molecule has 1 aliphatic rings. The molecule has 96 valence electrons. The molecule has 0 aromatic heterocycles. The number of nitrogens with two attached hydrogens (primary N) is 1. The number of hydrogen-bond acceptors (Lipinski definition) is 2. The molecule has 0 aliphatic carbocycles. The fourth-order valence-electron chi connectivity index (χ4n) is 2.79. The van der Waals surface area contributed by atoms with E-state index in [2.05, 4.69) is 11.8 Å². The number of rotatable bonds is 9. The monoisotopic (exact) mass is 226 g/mol. The summed E-state index contributed by atoms with van der Waals surface area (Å²) in [5.74, 6) is 0. The summed E-state index contributed by atoms with van der Waals surface area (Å²) in [6.07, 6.45) is 12.4. The molecule has 1 saturated heterocycles. The Morgan fingerprint density at radius 1 is 1.12 bits per heavy atom. The van der Waals surface area contributed by atoms with Crippen LogP contribution in [0.3, 0.4) is 0 Å². The lowest BCUT2D eigenvalue weighted by Crippen LogP contribution is -2.30. The summed E-state index contributed by atoms with van der Waals surface area (Å²) in [6.45, 7) is 5.81. The van der Waals surface area contributed by atoms with Crippen molar-refractivity contribution in [3.63, 3.8) is 0 Å². The average molecular weight is 226 g/mol. The van der Waals surface area contributed by atoms with Crippen molar-refractivity contribution in [3.05, 3.63) is 0 Å². The zero-order valence-corrected chi connectivity index (χ0v) is 11.1. The van der Waals surface area contributed by atoms with Gasteiger partial charge in [0.1, 0.15) is 0 Å². The fraction of sp³-hybridized carbons (Fsp3) is 1.00. The van der Waals surface area contributed by atoms with Gasteiger partial charge in [0, 0.05) is 6.04 Å². The summed E-state index contributed by atoms with van der Waals surface area (Å²) in [7, 11) is 0. The van der Waals surface area contributed by atoms with Crippen LogP contribution in [0, 0.1) is 0 Å². The minimum Gasteiger partial charge on any atom is -0.330 e. The van der Waals surface area contributed by atoms with Crippen molar-refractivity contribution in [3.8, 4) is 0 Å². The Kier molecular flexibility index (Phi) is 7.87. The number of hydrogen-bond donors (Lipinski definition) is 1. The van der Waals surface area contributed by atoms with E-state index in [9.17, 15) is 0 Å². The van der Waals surface area contributed by atoms with Crippen LogP contribution < -0.4 is 5.73 Å². The molecule has 2 heteroatoms. The van der Waals surface area contributed by atoms with Gasteiger partial charge in [-0.25, -0.2) is 0 Å². The van der Waals surface area contributed by atoms with Crippen LogP contribution in [0.25, 0.3) is 0 Å². The zero-order valence-electron chi connectivity index (χ0n) is 11.1. The third kappa shape index (κ3) is 5.31. The first kappa shape index (κ1) is 14.0. The third-order valence-electron chi connectivity index (χ3n) is 3.79. The molecule has 0 saturated carbocycles.